The van der Waals surface area contributed by atoms with Gasteiger partial charge in [0.15, 0.2) is 0 Å². The predicted octanol–water partition coefficient (Wildman–Crippen LogP) is 1.83. The minimum absolute atomic E-state index is 0.0110. The fraction of sp³-hybridized carbons (Fsp3) is 0.381. The molecule has 8 heteroatoms. The summed E-state index contributed by atoms with van der Waals surface area (Å²) in [6, 6.07) is 9.13. The van der Waals surface area contributed by atoms with Crippen LogP contribution in [0, 0.1) is 18.3 Å². The molecule has 0 bridgehead atoms. The van der Waals surface area contributed by atoms with Crippen molar-refractivity contribution in [1.29, 1.82) is 5.26 Å². The highest BCUT2D eigenvalue weighted by molar-refractivity contribution is 5.87. The van der Waals surface area contributed by atoms with Crippen molar-refractivity contribution in [2.45, 2.75) is 13.5 Å². The van der Waals surface area contributed by atoms with E-state index in [1.807, 2.05) is 12.1 Å². The Kier molecular flexibility index (Phi) is 6.65. The van der Waals surface area contributed by atoms with E-state index in [1.54, 1.807) is 32.2 Å². The minimum Gasteiger partial charge on any atom is -0.497 e. The molecule has 0 spiro atoms. The number of rotatable bonds is 6. The smallest absolute Gasteiger partial charge is 0.271 e. The molecule has 1 aliphatic heterocycles. The van der Waals surface area contributed by atoms with Crippen molar-refractivity contribution in [3.05, 3.63) is 51.3 Å². The third-order valence-electron chi connectivity index (χ3n) is 4.99. The Morgan fingerprint density at radius 2 is 2.10 bits per heavy atom. The van der Waals surface area contributed by atoms with Crippen molar-refractivity contribution in [3.63, 3.8) is 0 Å². The molecule has 152 valence electrons. The van der Waals surface area contributed by atoms with Crippen molar-refractivity contribution in [3.8, 4) is 17.7 Å². The average Bonchev–Trinajstić information content (AvgIpc) is 2.74. The number of aromatic hydroxyl groups is 1. The van der Waals surface area contributed by atoms with Gasteiger partial charge >= 0.3 is 0 Å². The molecule has 0 amide bonds. The highest BCUT2D eigenvalue weighted by Crippen LogP contribution is 2.23. The van der Waals surface area contributed by atoms with Gasteiger partial charge in [0.1, 0.15) is 17.4 Å². The highest BCUT2D eigenvalue weighted by atomic mass is 16.5. The average molecular weight is 396 g/mol. The lowest BCUT2D eigenvalue weighted by Gasteiger charge is -2.27. The number of hydrogen-bond donors (Lipinski definition) is 1. The summed E-state index contributed by atoms with van der Waals surface area (Å²) < 4.78 is 11.8. The minimum atomic E-state index is -0.491. The van der Waals surface area contributed by atoms with E-state index in [-0.39, 0.29) is 18.0 Å². The molecule has 1 aromatic carbocycles. The standard InChI is InChI=1S/C21H24N4O4/c1-15-18(13-22)20(26)25(7-6-24-8-10-29-11-9-24)21(27)19(15)14-23-16-4-3-5-17(12-16)28-2/h3-5,12,14,27H,6-11H2,1-2H3. The molecule has 0 atom stereocenters. The van der Waals surface area contributed by atoms with Crippen LogP contribution in [-0.4, -0.2) is 60.7 Å². The number of ether oxygens (including phenoxy) is 2. The quantitative estimate of drug-likeness (QED) is 0.748. The van der Waals surface area contributed by atoms with Crippen LogP contribution >= 0.6 is 0 Å². The molecule has 3 rings (SSSR count). The second-order valence-electron chi connectivity index (χ2n) is 6.72. The Morgan fingerprint density at radius 1 is 1.34 bits per heavy atom. The summed E-state index contributed by atoms with van der Waals surface area (Å²) in [5.41, 5.74) is 0.911. The molecule has 1 aliphatic rings. The van der Waals surface area contributed by atoms with Crippen molar-refractivity contribution in [2.75, 3.05) is 40.0 Å². The van der Waals surface area contributed by atoms with E-state index in [0.717, 1.165) is 13.1 Å². The first-order valence-corrected chi connectivity index (χ1v) is 9.40. The largest absolute Gasteiger partial charge is 0.497 e. The summed E-state index contributed by atoms with van der Waals surface area (Å²) in [6.07, 6.45) is 1.48. The lowest BCUT2D eigenvalue weighted by atomic mass is 10.1. The van der Waals surface area contributed by atoms with Crippen molar-refractivity contribution < 1.29 is 14.6 Å². The lowest BCUT2D eigenvalue weighted by molar-refractivity contribution is 0.0360. The molecular formula is C21H24N4O4. The number of hydrogen-bond acceptors (Lipinski definition) is 7. The van der Waals surface area contributed by atoms with Crippen molar-refractivity contribution in [2.24, 2.45) is 4.99 Å². The molecule has 8 nitrogen and oxygen atoms in total. The van der Waals surface area contributed by atoms with E-state index in [0.29, 0.717) is 42.3 Å². The normalized spacial score (nSPS) is 14.8. The number of pyridine rings is 1. The van der Waals surface area contributed by atoms with Gasteiger partial charge in [-0.3, -0.25) is 19.3 Å². The summed E-state index contributed by atoms with van der Waals surface area (Å²) in [6.45, 7) is 5.34. The first-order valence-electron chi connectivity index (χ1n) is 9.40. The Hall–Kier alpha value is -3.15. The summed E-state index contributed by atoms with van der Waals surface area (Å²) in [7, 11) is 1.57. The molecule has 1 N–H and O–H groups in total. The predicted molar refractivity (Wildman–Crippen MR) is 109 cm³/mol. The number of nitrogens with zero attached hydrogens (tertiary/aromatic N) is 4. The van der Waals surface area contributed by atoms with Crippen LogP contribution in [-0.2, 0) is 11.3 Å². The topological polar surface area (TPSA) is 100 Å². The zero-order chi connectivity index (χ0) is 20.8. The monoisotopic (exact) mass is 396 g/mol. The van der Waals surface area contributed by atoms with Gasteiger partial charge in [-0.15, -0.1) is 0 Å². The molecule has 1 aromatic heterocycles. The molecule has 29 heavy (non-hydrogen) atoms. The summed E-state index contributed by atoms with van der Waals surface area (Å²) >= 11 is 0. The second-order valence-corrected chi connectivity index (χ2v) is 6.72. The van der Waals surface area contributed by atoms with Crippen LogP contribution in [0.15, 0.2) is 34.1 Å². The van der Waals surface area contributed by atoms with Crippen LogP contribution in [0.4, 0.5) is 5.69 Å². The van der Waals surface area contributed by atoms with Crippen LogP contribution < -0.4 is 10.3 Å². The van der Waals surface area contributed by atoms with Gasteiger partial charge in [0.2, 0.25) is 5.88 Å². The van der Waals surface area contributed by atoms with E-state index in [4.69, 9.17) is 9.47 Å². The SMILES string of the molecule is COc1cccc(N=Cc2c(C)c(C#N)c(=O)n(CCN3CCOCC3)c2O)c1. The Labute approximate surface area is 169 Å². The van der Waals surface area contributed by atoms with Crippen LogP contribution in [0.5, 0.6) is 11.6 Å². The van der Waals surface area contributed by atoms with E-state index in [1.165, 1.54) is 10.8 Å². The van der Waals surface area contributed by atoms with Gasteiger partial charge in [-0.2, -0.15) is 5.26 Å². The number of aromatic nitrogens is 1. The maximum absolute atomic E-state index is 12.7. The van der Waals surface area contributed by atoms with Crippen LogP contribution in [0.2, 0.25) is 0 Å². The van der Waals surface area contributed by atoms with Gasteiger partial charge in [0.25, 0.3) is 5.56 Å². The second kappa shape index (κ2) is 9.37. The lowest BCUT2D eigenvalue weighted by Crippen LogP contribution is -2.39. The van der Waals surface area contributed by atoms with Crippen molar-refractivity contribution >= 4 is 11.9 Å². The molecule has 1 fully saturated rings. The van der Waals surface area contributed by atoms with Gasteiger partial charge in [-0.1, -0.05) is 6.07 Å². The fourth-order valence-electron chi connectivity index (χ4n) is 3.23. The maximum Gasteiger partial charge on any atom is 0.271 e. The Balaban J connectivity index is 1.94. The number of methoxy groups -OCH3 is 1. The van der Waals surface area contributed by atoms with E-state index >= 15 is 0 Å². The van der Waals surface area contributed by atoms with Crippen LogP contribution in [0.1, 0.15) is 16.7 Å². The molecule has 0 saturated carbocycles. The first-order chi connectivity index (χ1) is 14.0. The highest BCUT2D eigenvalue weighted by Gasteiger charge is 2.19. The van der Waals surface area contributed by atoms with Crippen LogP contribution in [0.3, 0.4) is 0 Å². The molecule has 2 aromatic rings. The van der Waals surface area contributed by atoms with E-state index in [2.05, 4.69) is 9.89 Å². The third-order valence-corrected chi connectivity index (χ3v) is 4.99. The molecular weight excluding hydrogens is 372 g/mol. The van der Waals surface area contributed by atoms with Gasteiger partial charge in [0, 0.05) is 38.5 Å². The Morgan fingerprint density at radius 3 is 2.79 bits per heavy atom. The van der Waals surface area contributed by atoms with Gasteiger partial charge < -0.3 is 14.6 Å². The Bertz CT molecular complexity index is 1000. The number of nitriles is 1. The third kappa shape index (κ3) is 4.65. The maximum atomic E-state index is 12.7. The first kappa shape index (κ1) is 20.6. The summed E-state index contributed by atoms with van der Waals surface area (Å²) in [5, 5.41) is 20.2. The zero-order valence-electron chi connectivity index (χ0n) is 16.6. The molecule has 2 heterocycles. The summed E-state index contributed by atoms with van der Waals surface area (Å²) in [5.74, 6) is 0.472. The molecule has 0 aliphatic carbocycles. The van der Waals surface area contributed by atoms with E-state index < -0.39 is 5.56 Å². The molecule has 0 unspecified atom stereocenters. The number of benzene rings is 1. The molecule has 1 saturated heterocycles. The van der Waals surface area contributed by atoms with Gasteiger partial charge in [0.05, 0.1) is 31.6 Å². The fourth-order valence-corrected chi connectivity index (χ4v) is 3.23. The van der Waals surface area contributed by atoms with Crippen LogP contribution in [0.25, 0.3) is 0 Å². The van der Waals surface area contributed by atoms with Gasteiger partial charge in [-0.25, -0.2) is 0 Å². The summed E-state index contributed by atoms with van der Waals surface area (Å²) in [4.78, 5) is 19.2. The zero-order valence-corrected chi connectivity index (χ0v) is 16.6. The van der Waals surface area contributed by atoms with Crippen molar-refractivity contribution in [1.82, 2.24) is 9.47 Å². The molecule has 0 radical (unpaired) electrons. The number of aliphatic imine (C=N–C) groups is 1. The van der Waals surface area contributed by atoms with E-state index in [9.17, 15) is 15.2 Å². The van der Waals surface area contributed by atoms with Gasteiger partial charge in [-0.05, 0) is 24.6 Å². The number of morpholine rings is 1.